The van der Waals surface area contributed by atoms with Crippen molar-refractivity contribution in [3.63, 3.8) is 0 Å². The highest BCUT2D eigenvalue weighted by atomic mass is 35.5. The van der Waals surface area contributed by atoms with Gasteiger partial charge in [-0.05, 0) is 38.1 Å². The van der Waals surface area contributed by atoms with E-state index in [-0.39, 0.29) is 17.8 Å². The standard InChI is InChI=1S/C17H18ClN5O2S2/c1-3-23-14(10-25-13-6-4-12(18)5-7-13)21-22-17(23)27-11(2)15(24)20-16-19-8-9-26-16/h4-9,11H,3,10H2,1-2H3,(H,19,20,24)/t11-/m1/s1. The third kappa shape index (κ3) is 5.21. The Bertz CT molecular complexity index is 883. The van der Waals surface area contributed by atoms with E-state index in [2.05, 4.69) is 20.5 Å². The Morgan fingerprint density at radius 3 is 2.81 bits per heavy atom. The van der Waals surface area contributed by atoms with Gasteiger partial charge in [-0.25, -0.2) is 4.98 Å². The van der Waals surface area contributed by atoms with Crippen LogP contribution in [0.3, 0.4) is 0 Å². The lowest BCUT2D eigenvalue weighted by Gasteiger charge is -2.12. The number of halogens is 1. The lowest BCUT2D eigenvalue weighted by molar-refractivity contribution is -0.115. The Morgan fingerprint density at radius 1 is 1.37 bits per heavy atom. The summed E-state index contributed by atoms with van der Waals surface area (Å²) in [6.07, 6.45) is 1.65. The minimum absolute atomic E-state index is 0.125. The second-order valence-electron chi connectivity index (χ2n) is 5.47. The van der Waals surface area contributed by atoms with Crippen LogP contribution in [0.1, 0.15) is 19.7 Å². The fraction of sp³-hybridized carbons (Fsp3) is 0.294. The molecule has 2 heterocycles. The minimum atomic E-state index is -0.339. The fourth-order valence-corrected chi connectivity index (χ4v) is 3.80. The second kappa shape index (κ2) is 9.20. The van der Waals surface area contributed by atoms with Crippen LogP contribution < -0.4 is 10.1 Å². The number of nitrogens with zero attached hydrogens (tertiary/aromatic N) is 4. The molecule has 2 aromatic heterocycles. The third-order valence-electron chi connectivity index (χ3n) is 3.61. The van der Waals surface area contributed by atoms with Gasteiger partial charge in [-0.15, -0.1) is 21.5 Å². The number of rotatable bonds is 8. The number of hydrogen-bond acceptors (Lipinski definition) is 7. The number of benzene rings is 1. The summed E-state index contributed by atoms with van der Waals surface area (Å²) in [5.74, 6) is 1.28. The van der Waals surface area contributed by atoms with Crippen LogP contribution in [0.25, 0.3) is 0 Å². The van der Waals surface area contributed by atoms with Gasteiger partial charge in [0, 0.05) is 23.1 Å². The van der Waals surface area contributed by atoms with Crippen LogP contribution >= 0.6 is 34.7 Å². The number of carbonyl (C=O) groups excluding carboxylic acids is 1. The van der Waals surface area contributed by atoms with Gasteiger partial charge in [-0.3, -0.25) is 4.79 Å². The SMILES string of the molecule is CCn1c(COc2ccc(Cl)cc2)nnc1S[C@H](C)C(=O)Nc1nccs1. The Kier molecular flexibility index (Phi) is 6.70. The van der Waals surface area contributed by atoms with Crippen LogP contribution in [0.15, 0.2) is 41.0 Å². The van der Waals surface area contributed by atoms with Gasteiger partial charge < -0.3 is 14.6 Å². The third-order valence-corrected chi connectivity index (χ3v) is 5.63. The van der Waals surface area contributed by atoms with Gasteiger partial charge in [0.2, 0.25) is 5.91 Å². The number of nitrogens with one attached hydrogen (secondary N) is 1. The Balaban J connectivity index is 1.62. The monoisotopic (exact) mass is 423 g/mol. The molecule has 0 unspecified atom stereocenters. The van der Waals surface area contributed by atoms with Gasteiger partial charge in [-0.1, -0.05) is 23.4 Å². The number of aromatic nitrogens is 4. The van der Waals surface area contributed by atoms with Crippen molar-refractivity contribution >= 4 is 45.7 Å². The Morgan fingerprint density at radius 2 is 2.15 bits per heavy atom. The number of ether oxygens (including phenoxy) is 1. The van der Waals surface area contributed by atoms with Crippen molar-refractivity contribution in [2.45, 2.75) is 37.4 Å². The van der Waals surface area contributed by atoms with E-state index in [0.29, 0.717) is 33.4 Å². The summed E-state index contributed by atoms with van der Waals surface area (Å²) >= 11 is 8.61. The number of anilines is 1. The zero-order valence-corrected chi connectivity index (χ0v) is 17.1. The Labute approximate surface area is 170 Å². The molecule has 0 saturated carbocycles. The molecule has 0 aliphatic heterocycles. The van der Waals surface area contributed by atoms with Gasteiger partial charge in [0.05, 0.1) is 5.25 Å². The van der Waals surface area contributed by atoms with Crippen LogP contribution in [-0.4, -0.2) is 30.9 Å². The molecule has 1 aromatic carbocycles. The van der Waals surface area contributed by atoms with E-state index in [1.807, 2.05) is 23.8 Å². The van der Waals surface area contributed by atoms with Gasteiger partial charge in [-0.2, -0.15) is 0 Å². The topological polar surface area (TPSA) is 81.9 Å². The first-order valence-electron chi connectivity index (χ1n) is 8.24. The molecule has 1 N–H and O–H groups in total. The van der Waals surface area contributed by atoms with Gasteiger partial charge >= 0.3 is 0 Å². The molecule has 0 spiro atoms. The summed E-state index contributed by atoms with van der Waals surface area (Å²) in [6.45, 7) is 4.78. The highest BCUT2D eigenvalue weighted by Gasteiger charge is 2.20. The lowest BCUT2D eigenvalue weighted by atomic mass is 10.3. The largest absolute Gasteiger partial charge is 0.486 e. The zero-order chi connectivity index (χ0) is 19.2. The van der Waals surface area contributed by atoms with E-state index in [4.69, 9.17) is 16.3 Å². The van der Waals surface area contributed by atoms with Crippen LogP contribution in [0, 0.1) is 0 Å². The maximum Gasteiger partial charge on any atom is 0.239 e. The van der Waals surface area contributed by atoms with Gasteiger partial charge in [0.15, 0.2) is 16.1 Å². The lowest BCUT2D eigenvalue weighted by Crippen LogP contribution is -2.22. The van der Waals surface area contributed by atoms with Gasteiger partial charge in [0.1, 0.15) is 12.4 Å². The van der Waals surface area contributed by atoms with E-state index in [1.54, 1.807) is 30.5 Å². The van der Waals surface area contributed by atoms with E-state index in [9.17, 15) is 4.79 Å². The number of carbonyl (C=O) groups is 1. The first-order chi connectivity index (χ1) is 13.1. The number of thiazole rings is 1. The van der Waals surface area contributed by atoms with Crippen LogP contribution in [0.2, 0.25) is 5.02 Å². The maximum atomic E-state index is 12.3. The molecule has 0 radical (unpaired) electrons. The fourth-order valence-electron chi connectivity index (χ4n) is 2.21. The Hall–Kier alpha value is -2.10. The molecule has 10 heteroatoms. The van der Waals surface area contributed by atoms with Crippen molar-refractivity contribution < 1.29 is 9.53 Å². The van der Waals surface area contributed by atoms with E-state index in [1.165, 1.54) is 23.1 Å². The number of thioether (sulfide) groups is 1. The van der Waals surface area contributed by atoms with Crippen molar-refractivity contribution in [2.75, 3.05) is 5.32 Å². The quantitative estimate of drug-likeness (QED) is 0.549. The van der Waals surface area contributed by atoms with Crippen molar-refractivity contribution in [3.8, 4) is 5.75 Å². The molecule has 1 amide bonds. The molecular weight excluding hydrogens is 406 g/mol. The molecule has 1 atom stereocenters. The van der Waals surface area contributed by atoms with E-state index in [0.717, 1.165) is 0 Å². The van der Waals surface area contributed by atoms with Crippen molar-refractivity contribution in [2.24, 2.45) is 0 Å². The maximum absolute atomic E-state index is 12.3. The van der Waals surface area contributed by atoms with Crippen LogP contribution in [0.4, 0.5) is 5.13 Å². The normalized spacial score (nSPS) is 12.0. The highest BCUT2D eigenvalue weighted by Crippen LogP contribution is 2.24. The van der Waals surface area contributed by atoms with Crippen molar-refractivity contribution in [1.29, 1.82) is 0 Å². The molecule has 3 aromatic rings. The predicted molar refractivity (Wildman–Crippen MR) is 108 cm³/mol. The molecule has 3 rings (SSSR count). The second-order valence-corrected chi connectivity index (χ2v) is 8.11. The summed E-state index contributed by atoms with van der Waals surface area (Å²) in [6, 6.07) is 7.14. The molecule has 0 saturated heterocycles. The molecule has 0 fully saturated rings. The van der Waals surface area contributed by atoms with Crippen molar-refractivity contribution in [3.05, 3.63) is 46.7 Å². The van der Waals surface area contributed by atoms with E-state index >= 15 is 0 Å². The van der Waals surface area contributed by atoms with Crippen LogP contribution in [-0.2, 0) is 17.9 Å². The molecule has 27 heavy (non-hydrogen) atoms. The summed E-state index contributed by atoms with van der Waals surface area (Å²) < 4.78 is 7.69. The molecule has 0 aliphatic carbocycles. The summed E-state index contributed by atoms with van der Waals surface area (Å²) in [5.41, 5.74) is 0. The molecule has 7 nitrogen and oxygen atoms in total. The molecular formula is C17H18ClN5O2S2. The predicted octanol–water partition coefficient (Wildman–Crippen LogP) is 4.11. The first kappa shape index (κ1) is 19.7. The highest BCUT2D eigenvalue weighted by molar-refractivity contribution is 8.00. The summed E-state index contributed by atoms with van der Waals surface area (Å²) in [7, 11) is 0. The number of amides is 1. The molecule has 142 valence electrons. The molecule has 0 bridgehead atoms. The summed E-state index contributed by atoms with van der Waals surface area (Å²) in [4.78, 5) is 16.4. The first-order valence-corrected chi connectivity index (χ1v) is 10.4. The van der Waals surface area contributed by atoms with E-state index < -0.39 is 0 Å². The number of hydrogen-bond donors (Lipinski definition) is 1. The zero-order valence-electron chi connectivity index (χ0n) is 14.8. The minimum Gasteiger partial charge on any atom is -0.486 e. The summed E-state index contributed by atoms with van der Waals surface area (Å²) in [5, 5.41) is 14.6. The average Bonchev–Trinajstić information content (AvgIpc) is 3.30. The average molecular weight is 424 g/mol. The smallest absolute Gasteiger partial charge is 0.239 e. The van der Waals surface area contributed by atoms with Crippen LogP contribution in [0.5, 0.6) is 5.75 Å². The molecule has 0 aliphatic rings. The van der Waals surface area contributed by atoms with Crippen molar-refractivity contribution in [1.82, 2.24) is 19.7 Å². The van der Waals surface area contributed by atoms with Gasteiger partial charge in [0.25, 0.3) is 0 Å².